The van der Waals surface area contributed by atoms with Gasteiger partial charge in [0.25, 0.3) is 0 Å². The molecule has 6 heteroatoms. The molecule has 1 amide bonds. The van der Waals surface area contributed by atoms with Crippen molar-refractivity contribution < 1.29 is 13.2 Å². The summed E-state index contributed by atoms with van der Waals surface area (Å²) in [6, 6.07) is 17.6. The summed E-state index contributed by atoms with van der Waals surface area (Å²) in [6.07, 6.45) is 3.61. The van der Waals surface area contributed by atoms with Gasteiger partial charge in [-0.05, 0) is 37.0 Å². The number of sulfonamides is 1. The lowest BCUT2D eigenvalue weighted by molar-refractivity contribution is -0.131. The van der Waals surface area contributed by atoms with E-state index in [9.17, 15) is 13.2 Å². The minimum Gasteiger partial charge on any atom is -0.336 e. The van der Waals surface area contributed by atoms with Crippen LogP contribution >= 0.6 is 0 Å². The standard InChI is InChI=1S/C22H26N2O3S/c1-18-9-11-20(12-10-18)21-8-5-16-24(21)22(25)13-15-23-28(26,27)17-14-19-6-3-2-4-7-19/h2-4,6-7,9-12,14,17,21,23H,5,8,13,15-16H2,1H3/b17-14+. The zero-order chi connectivity index (χ0) is 20.0. The molecular formula is C22H26N2O3S. The molecule has 148 valence electrons. The molecule has 0 aliphatic carbocycles. The van der Waals surface area contributed by atoms with Crippen LogP contribution in [0.25, 0.3) is 6.08 Å². The predicted molar refractivity (Wildman–Crippen MR) is 112 cm³/mol. The average Bonchev–Trinajstić information content (AvgIpc) is 3.18. The maximum atomic E-state index is 12.6. The number of benzene rings is 2. The van der Waals surface area contributed by atoms with Crippen LogP contribution in [0.5, 0.6) is 0 Å². The van der Waals surface area contributed by atoms with Gasteiger partial charge < -0.3 is 4.90 Å². The van der Waals surface area contributed by atoms with Crippen molar-refractivity contribution in [3.05, 3.63) is 76.7 Å². The smallest absolute Gasteiger partial charge is 0.233 e. The van der Waals surface area contributed by atoms with Gasteiger partial charge in [-0.25, -0.2) is 13.1 Å². The molecule has 0 radical (unpaired) electrons. The zero-order valence-corrected chi connectivity index (χ0v) is 16.9. The molecule has 0 saturated carbocycles. The Labute approximate surface area is 167 Å². The minimum absolute atomic E-state index is 0.0159. The molecule has 3 rings (SSSR count). The van der Waals surface area contributed by atoms with Crippen LogP contribution in [0.15, 0.2) is 60.0 Å². The van der Waals surface area contributed by atoms with Crippen molar-refractivity contribution in [2.24, 2.45) is 0 Å². The molecule has 5 nitrogen and oxygen atoms in total. The van der Waals surface area contributed by atoms with Crippen molar-refractivity contribution in [1.29, 1.82) is 0 Å². The van der Waals surface area contributed by atoms with Crippen LogP contribution in [0.1, 0.15) is 42.0 Å². The van der Waals surface area contributed by atoms with Gasteiger partial charge in [0.15, 0.2) is 0 Å². The zero-order valence-electron chi connectivity index (χ0n) is 16.0. The fourth-order valence-electron chi connectivity index (χ4n) is 3.42. The monoisotopic (exact) mass is 398 g/mol. The molecule has 1 atom stereocenters. The molecule has 1 aliphatic heterocycles. The highest BCUT2D eigenvalue weighted by Gasteiger charge is 2.29. The third kappa shape index (κ3) is 5.53. The summed E-state index contributed by atoms with van der Waals surface area (Å²) in [7, 11) is -3.57. The first-order chi connectivity index (χ1) is 13.4. The van der Waals surface area contributed by atoms with Gasteiger partial charge >= 0.3 is 0 Å². The highest BCUT2D eigenvalue weighted by atomic mass is 32.2. The van der Waals surface area contributed by atoms with E-state index in [-0.39, 0.29) is 24.9 Å². The maximum Gasteiger partial charge on any atom is 0.233 e. The lowest BCUT2D eigenvalue weighted by atomic mass is 10.0. The maximum absolute atomic E-state index is 12.6. The largest absolute Gasteiger partial charge is 0.336 e. The van der Waals surface area contributed by atoms with Gasteiger partial charge in [-0.2, -0.15) is 0 Å². The van der Waals surface area contributed by atoms with Gasteiger partial charge in [0.2, 0.25) is 15.9 Å². The van der Waals surface area contributed by atoms with Gasteiger partial charge in [-0.3, -0.25) is 4.79 Å². The number of hydrogen-bond acceptors (Lipinski definition) is 3. The Hall–Kier alpha value is -2.44. The van der Waals surface area contributed by atoms with E-state index in [0.29, 0.717) is 0 Å². The van der Waals surface area contributed by atoms with Crippen molar-refractivity contribution in [2.45, 2.75) is 32.2 Å². The van der Waals surface area contributed by atoms with Crippen LogP contribution in [0.4, 0.5) is 0 Å². The molecule has 2 aromatic rings. The van der Waals surface area contributed by atoms with Gasteiger partial charge in [0, 0.05) is 24.9 Å². The van der Waals surface area contributed by atoms with Crippen molar-refractivity contribution in [1.82, 2.24) is 9.62 Å². The molecule has 1 fully saturated rings. The third-order valence-corrected chi connectivity index (χ3v) is 6.02. The molecule has 1 unspecified atom stereocenters. The van der Waals surface area contributed by atoms with E-state index in [2.05, 4.69) is 29.0 Å². The van der Waals surface area contributed by atoms with Crippen LogP contribution in [0, 0.1) is 6.92 Å². The van der Waals surface area contributed by atoms with E-state index in [1.54, 1.807) is 0 Å². The van der Waals surface area contributed by atoms with Gasteiger partial charge in [0.05, 0.1) is 6.04 Å². The summed E-state index contributed by atoms with van der Waals surface area (Å²) in [5.41, 5.74) is 3.14. The van der Waals surface area contributed by atoms with Crippen LogP contribution in [0.2, 0.25) is 0 Å². The van der Waals surface area contributed by atoms with E-state index in [1.807, 2.05) is 42.2 Å². The van der Waals surface area contributed by atoms with E-state index in [0.717, 1.165) is 35.9 Å². The molecule has 1 heterocycles. The number of hydrogen-bond donors (Lipinski definition) is 1. The van der Waals surface area contributed by atoms with Crippen LogP contribution in [0.3, 0.4) is 0 Å². The Bertz CT molecular complexity index is 922. The number of carbonyl (C=O) groups excluding carboxylic acids is 1. The second kappa shape index (κ2) is 9.17. The Morgan fingerprint density at radius 3 is 2.57 bits per heavy atom. The minimum atomic E-state index is -3.57. The number of nitrogens with one attached hydrogen (secondary N) is 1. The van der Waals surface area contributed by atoms with E-state index in [4.69, 9.17) is 0 Å². The molecule has 28 heavy (non-hydrogen) atoms. The topological polar surface area (TPSA) is 66.5 Å². The lowest BCUT2D eigenvalue weighted by Crippen LogP contribution is -2.33. The summed E-state index contributed by atoms with van der Waals surface area (Å²) in [5, 5.41) is 1.14. The number of rotatable bonds is 7. The van der Waals surface area contributed by atoms with Crippen LogP contribution in [-0.2, 0) is 14.8 Å². The fourth-order valence-corrected chi connectivity index (χ4v) is 4.24. The number of likely N-dealkylation sites (tertiary alicyclic amines) is 1. The molecule has 1 saturated heterocycles. The molecule has 1 N–H and O–H groups in total. The quantitative estimate of drug-likeness (QED) is 0.774. The van der Waals surface area contributed by atoms with Gasteiger partial charge in [0.1, 0.15) is 0 Å². The summed E-state index contributed by atoms with van der Waals surface area (Å²) in [4.78, 5) is 14.5. The SMILES string of the molecule is Cc1ccc(C2CCCN2C(=O)CCNS(=O)(=O)/C=C/c2ccccc2)cc1. The van der Waals surface area contributed by atoms with Crippen molar-refractivity contribution >= 4 is 22.0 Å². The highest BCUT2D eigenvalue weighted by molar-refractivity contribution is 7.92. The third-order valence-electron chi connectivity index (χ3n) is 4.92. The first-order valence-corrected chi connectivity index (χ1v) is 11.1. The first-order valence-electron chi connectivity index (χ1n) is 9.53. The normalized spacial score (nSPS) is 17.3. The summed E-state index contributed by atoms with van der Waals surface area (Å²) < 4.78 is 26.7. The van der Waals surface area contributed by atoms with Gasteiger partial charge in [-0.1, -0.05) is 60.2 Å². The first kappa shape index (κ1) is 20.3. The van der Waals surface area contributed by atoms with Crippen LogP contribution < -0.4 is 4.72 Å². The fraction of sp³-hybridized carbons (Fsp3) is 0.318. The molecule has 0 bridgehead atoms. The molecule has 2 aromatic carbocycles. The predicted octanol–water partition coefficient (Wildman–Crippen LogP) is 3.64. The average molecular weight is 399 g/mol. The molecule has 0 aromatic heterocycles. The highest BCUT2D eigenvalue weighted by Crippen LogP contribution is 2.32. The van der Waals surface area contributed by atoms with Crippen molar-refractivity contribution in [3.8, 4) is 0 Å². The summed E-state index contributed by atoms with van der Waals surface area (Å²) in [5.74, 6) is -0.0159. The summed E-state index contributed by atoms with van der Waals surface area (Å²) in [6.45, 7) is 2.86. The molecular weight excluding hydrogens is 372 g/mol. The van der Waals surface area contributed by atoms with E-state index < -0.39 is 10.0 Å². The van der Waals surface area contributed by atoms with E-state index >= 15 is 0 Å². The Morgan fingerprint density at radius 1 is 1.14 bits per heavy atom. The number of nitrogens with zero attached hydrogens (tertiary/aromatic N) is 1. The molecule has 1 aliphatic rings. The number of carbonyl (C=O) groups is 1. The molecule has 0 spiro atoms. The van der Waals surface area contributed by atoms with Crippen molar-refractivity contribution in [3.63, 3.8) is 0 Å². The van der Waals surface area contributed by atoms with Gasteiger partial charge in [-0.15, -0.1) is 0 Å². The van der Waals surface area contributed by atoms with E-state index in [1.165, 1.54) is 11.6 Å². The van der Waals surface area contributed by atoms with Crippen molar-refractivity contribution in [2.75, 3.05) is 13.1 Å². The summed E-state index contributed by atoms with van der Waals surface area (Å²) >= 11 is 0. The Balaban J connectivity index is 1.53. The Morgan fingerprint density at radius 2 is 1.86 bits per heavy atom. The number of aryl methyl sites for hydroxylation is 1. The second-order valence-electron chi connectivity index (χ2n) is 7.06. The number of amides is 1. The van der Waals surface area contributed by atoms with Crippen LogP contribution in [-0.4, -0.2) is 32.3 Å². The second-order valence-corrected chi connectivity index (χ2v) is 8.71. The lowest BCUT2D eigenvalue weighted by Gasteiger charge is -2.25. The Kier molecular flexibility index (Phi) is 6.65.